The molecule has 166 valence electrons. The zero-order valence-corrected chi connectivity index (χ0v) is 20.1. The number of nitrogens with zero attached hydrogens (tertiary/aromatic N) is 1. The predicted octanol–water partition coefficient (Wildman–Crippen LogP) is 8.83. The van der Waals surface area contributed by atoms with Crippen LogP contribution in [0, 0.1) is 6.92 Å². The molecule has 1 aliphatic rings. The maximum absolute atomic E-state index is 5.17. The van der Waals surface area contributed by atoms with Gasteiger partial charge in [0.2, 0.25) is 0 Å². The van der Waals surface area contributed by atoms with E-state index < -0.39 is 0 Å². The lowest BCUT2D eigenvalue weighted by Crippen LogP contribution is -2.02. The van der Waals surface area contributed by atoms with Crippen LogP contribution in [0.25, 0.3) is 33.2 Å². The van der Waals surface area contributed by atoms with E-state index in [1.54, 1.807) is 0 Å². The number of benzene rings is 4. The van der Waals surface area contributed by atoms with Crippen molar-refractivity contribution in [3.05, 3.63) is 131 Å². The van der Waals surface area contributed by atoms with Crippen LogP contribution in [0.2, 0.25) is 0 Å². The summed E-state index contributed by atoms with van der Waals surface area (Å²) in [5, 5.41) is 2.57. The van der Waals surface area contributed by atoms with E-state index in [0.29, 0.717) is 0 Å². The molecule has 4 aromatic carbocycles. The summed E-state index contributed by atoms with van der Waals surface area (Å²) >= 11 is 0. The molecule has 0 saturated heterocycles. The van der Waals surface area contributed by atoms with Crippen molar-refractivity contribution >= 4 is 27.8 Å². The Labute approximate surface area is 202 Å². The van der Waals surface area contributed by atoms with Gasteiger partial charge in [-0.3, -0.25) is 0 Å². The van der Waals surface area contributed by atoms with Crippen molar-refractivity contribution in [2.45, 2.75) is 27.2 Å². The number of allylic oxidation sites excluding steroid dienone is 4. The third-order valence-electron chi connectivity index (χ3n) is 6.59. The topological polar surface area (TPSA) is 12.4 Å². The lowest BCUT2D eigenvalue weighted by molar-refractivity contribution is 1.23. The summed E-state index contributed by atoms with van der Waals surface area (Å²) in [6, 6.07) is 30.4. The Morgan fingerprint density at radius 2 is 1.41 bits per heavy atom. The molecule has 4 aromatic rings. The first-order chi connectivity index (χ1) is 16.5. The molecule has 1 aliphatic carbocycles. The first-order valence-electron chi connectivity index (χ1n) is 11.8. The molecule has 0 N–H and O–H groups in total. The van der Waals surface area contributed by atoms with Crippen molar-refractivity contribution in [3.63, 3.8) is 0 Å². The quantitative estimate of drug-likeness (QED) is 0.266. The highest BCUT2D eigenvalue weighted by Crippen LogP contribution is 2.42. The Morgan fingerprint density at radius 1 is 0.794 bits per heavy atom. The predicted molar refractivity (Wildman–Crippen MR) is 148 cm³/mol. The van der Waals surface area contributed by atoms with Crippen LogP contribution in [-0.2, 0) is 6.42 Å². The second-order valence-corrected chi connectivity index (χ2v) is 9.02. The van der Waals surface area contributed by atoms with Gasteiger partial charge in [-0.05, 0) is 77.4 Å². The molecular weight excluding hydrogens is 410 g/mol. The van der Waals surface area contributed by atoms with Gasteiger partial charge in [-0.1, -0.05) is 103 Å². The van der Waals surface area contributed by atoms with Crippen LogP contribution in [0.15, 0.2) is 114 Å². The summed E-state index contributed by atoms with van der Waals surface area (Å²) in [6.07, 6.45) is 4.89. The highest BCUT2D eigenvalue weighted by Gasteiger charge is 2.21. The average molecular weight is 440 g/mol. The minimum Gasteiger partial charge on any atom is -0.248 e. The molecule has 0 bridgehead atoms. The molecule has 0 amide bonds. The third-order valence-corrected chi connectivity index (χ3v) is 6.59. The minimum atomic E-state index is 0.765. The molecule has 0 unspecified atom stereocenters. The summed E-state index contributed by atoms with van der Waals surface area (Å²) in [4.78, 5) is 5.17. The highest BCUT2D eigenvalue weighted by molar-refractivity contribution is 6.17. The van der Waals surface area contributed by atoms with E-state index in [1.165, 1.54) is 49.7 Å². The SMILES string of the molecule is C=C(Cc1ccc(-c2ccc(C)cc2)cc1)C(/C=C\C)=NC1=C(C)c2cccc3cccc1c23. The molecule has 0 spiro atoms. The molecule has 0 fully saturated rings. The minimum absolute atomic E-state index is 0.765. The smallest absolute Gasteiger partial charge is 0.0751 e. The maximum atomic E-state index is 5.17. The van der Waals surface area contributed by atoms with Gasteiger partial charge >= 0.3 is 0 Å². The third kappa shape index (κ3) is 4.06. The molecule has 34 heavy (non-hydrogen) atoms. The van der Waals surface area contributed by atoms with E-state index in [1.807, 2.05) is 13.0 Å². The molecule has 0 radical (unpaired) electrons. The van der Waals surface area contributed by atoms with E-state index in [9.17, 15) is 0 Å². The Kier molecular flexibility index (Phi) is 5.86. The second-order valence-electron chi connectivity index (χ2n) is 9.02. The van der Waals surface area contributed by atoms with E-state index >= 15 is 0 Å². The van der Waals surface area contributed by atoms with Gasteiger partial charge in [-0.25, -0.2) is 4.99 Å². The van der Waals surface area contributed by atoms with Gasteiger partial charge < -0.3 is 0 Å². The van der Waals surface area contributed by atoms with Crippen LogP contribution in [0.3, 0.4) is 0 Å². The van der Waals surface area contributed by atoms with E-state index in [0.717, 1.165) is 23.4 Å². The Bertz CT molecular complexity index is 1470. The molecule has 0 atom stereocenters. The van der Waals surface area contributed by atoms with Gasteiger partial charge in [0.25, 0.3) is 0 Å². The van der Waals surface area contributed by atoms with Crippen LogP contribution in [0.4, 0.5) is 0 Å². The van der Waals surface area contributed by atoms with E-state index in [4.69, 9.17) is 4.99 Å². The lowest BCUT2D eigenvalue weighted by Gasteiger charge is -2.10. The fourth-order valence-corrected chi connectivity index (χ4v) is 4.73. The highest BCUT2D eigenvalue weighted by atomic mass is 14.8. The van der Waals surface area contributed by atoms with Gasteiger partial charge in [0.1, 0.15) is 0 Å². The van der Waals surface area contributed by atoms with Gasteiger partial charge in [0.15, 0.2) is 0 Å². The van der Waals surface area contributed by atoms with Crippen molar-refractivity contribution in [3.8, 4) is 11.1 Å². The molecular formula is C33H29N. The molecule has 1 nitrogen and oxygen atoms in total. The van der Waals surface area contributed by atoms with Crippen molar-refractivity contribution < 1.29 is 0 Å². The molecule has 1 heteroatoms. The molecule has 0 saturated carbocycles. The molecule has 0 aromatic heterocycles. The standard InChI is InChI=1S/C33H29N/c1-5-8-31(34-33-24(4)29-11-6-9-28-10-7-12-30(33)32(28)29)23(3)21-25-15-19-27(20-16-25)26-17-13-22(2)14-18-26/h5-20H,3,21H2,1-2,4H3/b8-5-,34-31?. The van der Waals surface area contributed by atoms with Crippen LogP contribution in [0.5, 0.6) is 0 Å². The lowest BCUT2D eigenvalue weighted by atomic mass is 9.98. The van der Waals surface area contributed by atoms with Crippen molar-refractivity contribution in [2.24, 2.45) is 4.99 Å². The second kappa shape index (κ2) is 9.11. The number of rotatable bonds is 6. The van der Waals surface area contributed by atoms with Crippen LogP contribution in [-0.4, -0.2) is 5.71 Å². The van der Waals surface area contributed by atoms with Crippen LogP contribution >= 0.6 is 0 Å². The van der Waals surface area contributed by atoms with Crippen LogP contribution in [0.1, 0.15) is 36.1 Å². The Morgan fingerprint density at radius 3 is 2.06 bits per heavy atom. The zero-order chi connectivity index (χ0) is 23.7. The van der Waals surface area contributed by atoms with Crippen LogP contribution < -0.4 is 0 Å². The average Bonchev–Trinajstić information content (AvgIpc) is 3.13. The molecule has 5 rings (SSSR count). The number of aryl methyl sites for hydroxylation is 1. The molecule has 0 heterocycles. The molecule has 0 aliphatic heterocycles. The van der Waals surface area contributed by atoms with Gasteiger partial charge in [-0.2, -0.15) is 0 Å². The number of hydrogen-bond donors (Lipinski definition) is 0. The summed E-state index contributed by atoms with van der Waals surface area (Å²) < 4.78 is 0. The first-order valence-corrected chi connectivity index (χ1v) is 11.8. The largest absolute Gasteiger partial charge is 0.248 e. The normalized spacial score (nSPS) is 13.3. The Hall–Kier alpha value is -3.97. The fourth-order valence-electron chi connectivity index (χ4n) is 4.73. The van der Waals surface area contributed by atoms with Gasteiger partial charge in [-0.15, -0.1) is 0 Å². The first kappa shape index (κ1) is 21.9. The summed E-state index contributed by atoms with van der Waals surface area (Å²) in [5.41, 5.74) is 11.7. The number of hydrogen-bond acceptors (Lipinski definition) is 1. The summed E-state index contributed by atoms with van der Waals surface area (Å²) in [7, 11) is 0. The summed E-state index contributed by atoms with van der Waals surface area (Å²) in [5.74, 6) is 0. The van der Waals surface area contributed by atoms with Crippen molar-refractivity contribution in [2.75, 3.05) is 0 Å². The van der Waals surface area contributed by atoms with E-state index in [-0.39, 0.29) is 0 Å². The Balaban J connectivity index is 1.43. The maximum Gasteiger partial charge on any atom is 0.0751 e. The van der Waals surface area contributed by atoms with E-state index in [2.05, 4.69) is 111 Å². The zero-order valence-electron chi connectivity index (χ0n) is 20.1. The van der Waals surface area contributed by atoms with Gasteiger partial charge in [0, 0.05) is 5.56 Å². The fraction of sp³-hybridized carbons (Fsp3) is 0.121. The number of aliphatic imine (C=N–C) groups is 1. The monoisotopic (exact) mass is 439 g/mol. The van der Waals surface area contributed by atoms with Crippen molar-refractivity contribution in [1.82, 2.24) is 0 Å². The summed E-state index contributed by atoms with van der Waals surface area (Å²) in [6.45, 7) is 10.7. The van der Waals surface area contributed by atoms with Crippen molar-refractivity contribution in [1.29, 1.82) is 0 Å². The van der Waals surface area contributed by atoms with Gasteiger partial charge in [0.05, 0.1) is 11.4 Å².